The van der Waals surface area contributed by atoms with Gasteiger partial charge in [-0.25, -0.2) is 0 Å². The molecule has 2 aliphatic rings. The zero-order valence-corrected chi connectivity index (χ0v) is 19.0. The van der Waals surface area contributed by atoms with E-state index in [1.807, 2.05) is 0 Å². The highest BCUT2D eigenvalue weighted by Gasteiger charge is 2.29. The third-order valence-corrected chi connectivity index (χ3v) is 11.8. The summed E-state index contributed by atoms with van der Waals surface area (Å²) in [4.78, 5) is 0. The second-order valence-corrected chi connectivity index (χ2v) is 16.9. The van der Waals surface area contributed by atoms with Crippen LogP contribution in [0.15, 0.2) is 47.8 Å². The summed E-state index contributed by atoms with van der Waals surface area (Å²) in [6.07, 6.45) is 9.52. The average Bonchev–Trinajstić information content (AvgIpc) is 2.54. The molecule has 140 valence electrons. The van der Waals surface area contributed by atoms with Crippen LogP contribution in [-0.2, 0) is 29.8 Å². The molecular weight excluding hydrogens is 360 g/mol. The fraction of sp³-hybridized carbons (Fsp3) is 0.333. The van der Waals surface area contributed by atoms with Crippen molar-refractivity contribution in [1.29, 1.82) is 0 Å². The van der Waals surface area contributed by atoms with E-state index in [1.54, 1.807) is 0 Å². The van der Waals surface area contributed by atoms with Crippen molar-refractivity contribution >= 4 is 28.8 Å². The zero-order valence-electron chi connectivity index (χ0n) is 17.0. The smallest absolute Gasteiger partial charge is 0.198 e. The SMILES string of the molecule is C[Si](C)(C=Cc1ccc2c(c1)CC2)O[Si](C)(C)C=Cc1ccc2c(c1)CC2. The topological polar surface area (TPSA) is 9.23 Å². The molecule has 0 fully saturated rings. The van der Waals surface area contributed by atoms with E-state index in [4.69, 9.17) is 4.12 Å². The number of aryl methyl sites for hydroxylation is 4. The lowest BCUT2D eigenvalue weighted by Gasteiger charge is -2.30. The Labute approximate surface area is 166 Å². The molecule has 2 aliphatic carbocycles. The molecule has 1 nitrogen and oxygen atoms in total. The Kier molecular flexibility index (Phi) is 4.87. The van der Waals surface area contributed by atoms with Crippen molar-refractivity contribution in [2.24, 2.45) is 0 Å². The van der Waals surface area contributed by atoms with E-state index in [-0.39, 0.29) is 0 Å². The predicted octanol–water partition coefficient (Wildman–Crippen LogP) is 6.12. The Balaban J connectivity index is 1.41. The van der Waals surface area contributed by atoms with Gasteiger partial charge in [0, 0.05) is 0 Å². The minimum absolute atomic E-state index is 1.24. The summed E-state index contributed by atoms with van der Waals surface area (Å²) >= 11 is 0. The molecule has 0 radical (unpaired) electrons. The minimum atomic E-state index is -1.85. The molecule has 0 unspecified atom stereocenters. The third kappa shape index (κ3) is 4.42. The standard InChI is InChI=1S/C24H30OSi2/c1-26(2,15-13-19-5-7-21-9-11-23(21)17-19)25-27(3,4)16-14-20-6-8-22-10-12-24(22)18-20/h5-8,13-18H,9-12H2,1-4H3. The molecular formula is C24H30OSi2. The van der Waals surface area contributed by atoms with Crippen LogP contribution >= 0.6 is 0 Å². The Bertz CT molecular complexity index is 846. The first kappa shape index (κ1) is 18.7. The Morgan fingerprint density at radius 2 is 1.04 bits per heavy atom. The first-order valence-corrected chi connectivity index (χ1v) is 16.1. The van der Waals surface area contributed by atoms with Gasteiger partial charge in [0.25, 0.3) is 0 Å². The van der Waals surface area contributed by atoms with Gasteiger partial charge >= 0.3 is 0 Å². The molecule has 0 aliphatic heterocycles. The van der Waals surface area contributed by atoms with E-state index < -0.39 is 16.6 Å². The maximum atomic E-state index is 6.71. The summed E-state index contributed by atoms with van der Waals surface area (Å²) in [5, 5.41) is 0. The van der Waals surface area contributed by atoms with Gasteiger partial charge in [-0.1, -0.05) is 59.9 Å². The first-order valence-electron chi connectivity index (χ1n) is 10.1. The maximum Gasteiger partial charge on any atom is 0.198 e. The molecule has 0 heterocycles. The highest BCUT2D eigenvalue weighted by molar-refractivity contribution is 6.90. The van der Waals surface area contributed by atoms with Crippen molar-refractivity contribution < 1.29 is 4.12 Å². The first-order chi connectivity index (χ1) is 12.8. The van der Waals surface area contributed by atoms with E-state index >= 15 is 0 Å². The molecule has 2 aromatic carbocycles. The van der Waals surface area contributed by atoms with Crippen LogP contribution in [0.5, 0.6) is 0 Å². The van der Waals surface area contributed by atoms with Gasteiger partial charge in [0.2, 0.25) is 0 Å². The third-order valence-electron chi connectivity index (χ3n) is 5.67. The average molecular weight is 391 g/mol. The van der Waals surface area contributed by atoms with Gasteiger partial charge in [0.05, 0.1) is 0 Å². The highest BCUT2D eigenvalue weighted by Crippen LogP contribution is 2.26. The zero-order chi connectivity index (χ0) is 19.1. The van der Waals surface area contributed by atoms with Crippen molar-refractivity contribution in [3.05, 3.63) is 81.2 Å². The van der Waals surface area contributed by atoms with Crippen LogP contribution in [0.1, 0.15) is 33.4 Å². The second kappa shape index (κ2) is 7.04. The Hall–Kier alpha value is -1.69. The van der Waals surface area contributed by atoms with Gasteiger partial charge in [0.1, 0.15) is 0 Å². The molecule has 0 N–H and O–H groups in total. The Morgan fingerprint density at radius 1 is 0.630 bits per heavy atom. The maximum absolute atomic E-state index is 6.71. The summed E-state index contributed by atoms with van der Waals surface area (Å²) in [7, 11) is -3.70. The molecule has 4 rings (SSSR count). The molecule has 0 bridgehead atoms. The number of hydrogen-bond acceptors (Lipinski definition) is 1. The van der Waals surface area contributed by atoms with Crippen LogP contribution in [0, 0.1) is 0 Å². The fourth-order valence-electron chi connectivity index (χ4n) is 3.98. The number of hydrogen-bond donors (Lipinski definition) is 0. The van der Waals surface area contributed by atoms with E-state index in [0.717, 1.165) is 0 Å². The summed E-state index contributed by atoms with van der Waals surface area (Å²) in [5.41, 5.74) is 13.4. The quantitative estimate of drug-likeness (QED) is 0.540. The van der Waals surface area contributed by atoms with Crippen molar-refractivity contribution in [2.45, 2.75) is 51.9 Å². The summed E-state index contributed by atoms with van der Waals surface area (Å²) in [6.45, 7) is 9.22. The number of rotatable bonds is 6. The lowest BCUT2D eigenvalue weighted by Crippen LogP contribution is -2.42. The van der Waals surface area contributed by atoms with Crippen LogP contribution < -0.4 is 0 Å². The monoisotopic (exact) mass is 390 g/mol. The van der Waals surface area contributed by atoms with Crippen LogP contribution in [0.3, 0.4) is 0 Å². The van der Waals surface area contributed by atoms with Crippen LogP contribution in [-0.4, -0.2) is 16.6 Å². The van der Waals surface area contributed by atoms with Crippen molar-refractivity contribution in [3.63, 3.8) is 0 Å². The Morgan fingerprint density at radius 3 is 1.37 bits per heavy atom. The van der Waals surface area contributed by atoms with Crippen molar-refractivity contribution in [1.82, 2.24) is 0 Å². The molecule has 0 aromatic heterocycles. The van der Waals surface area contributed by atoms with E-state index in [1.165, 1.54) is 59.1 Å². The van der Waals surface area contributed by atoms with E-state index in [0.29, 0.717) is 0 Å². The molecule has 0 saturated heterocycles. The lowest BCUT2D eigenvalue weighted by molar-refractivity contribution is 0.571. The molecule has 27 heavy (non-hydrogen) atoms. The summed E-state index contributed by atoms with van der Waals surface area (Å²) in [6, 6.07) is 13.7. The largest absolute Gasteiger partial charge is 0.449 e. The van der Waals surface area contributed by atoms with Gasteiger partial charge in [-0.3, -0.25) is 0 Å². The molecule has 0 amide bonds. The van der Waals surface area contributed by atoms with Gasteiger partial charge in [-0.05, 0) is 85.3 Å². The van der Waals surface area contributed by atoms with Crippen LogP contribution in [0.4, 0.5) is 0 Å². The number of fused-ring (bicyclic) bond motifs is 2. The van der Waals surface area contributed by atoms with Crippen LogP contribution in [0.25, 0.3) is 12.2 Å². The second-order valence-electron chi connectivity index (χ2n) is 9.03. The van der Waals surface area contributed by atoms with Crippen LogP contribution in [0.2, 0.25) is 26.2 Å². The molecule has 0 saturated carbocycles. The normalized spacial score (nSPS) is 16.1. The summed E-state index contributed by atoms with van der Waals surface area (Å²) < 4.78 is 6.71. The lowest BCUT2D eigenvalue weighted by atomic mass is 9.87. The molecule has 0 spiro atoms. The van der Waals surface area contributed by atoms with E-state index in [9.17, 15) is 0 Å². The molecule has 2 aromatic rings. The van der Waals surface area contributed by atoms with E-state index in [2.05, 4.69) is 86.1 Å². The summed E-state index contributed by atoms with van der Waals surface area (Å²) in [5.74, 6) is 0. The number of benzene rings is 2. The molecule has 3 heteroatoms. The minimum Gasteiger partial charge on any atom is -0.449 e. The van der Waals surface area contributed by atoms with Gasteiger partial charge < -0.3 is 4.12 Å². The van der Waals surface area contributed by atoms with Crippen molar-refractivity contribution in [2.75, 3.05) is 0 Å². The van der Waals surface area contributed by atoms with Gasteiger partial charge in [-0.2, -0.15) is 0 Å². The predicted molar refractivity (Wildman–Crippen MR) is 122 cm³/mol. The fourth-order valence-corrected chi connectivity index (χ4v) is 11.1. The van der Waals surface area contributed by atoms with Gasteiger partial charge in [-0.15, -0.1) is 0 Å². The highest BCUT2D eigenvalue weighted by atomic mass is 28.4. The van der Waals surface area contributed by atoms with Crippen molar-refractivity contribution in [3.8, 4) is 0 Å². The van der Waals surface area contributed by atoms with Gasteiger partial charge in [0.15, 0.2) is 16.6 Å². The molecule has 0 atom stereocenters.